The Bertz CT molecular complexity index is 668. The van der Waals surface area contributed by atoms with Crippen LogP contribution in [0.3, 0.4) is 0 Å². The Kier molecular flexibility index (Phi) is 4.66. The molecule has 2 rings (SSSR count). The monoisotopic (exact) mass is 284 g/mol. The molecule has 0 spiro atoms. The normalized spacial score (nSPS) is 10.1. The number of anilines is 1. The molecule has 5 heteroatoms. The minimum Gasteiger partial charge on any atom is -0.476 e. The van der Waals surface area contributed by atoms with E-state index in [1.807, 2.05) is 31.2 Å². The highest BCUT2D eigenvalue weighted by atomic mass is 16.4. The fourth-order valence-electron chi connectivity index (χ4n) is 2.03. The zero-order valence-corrected chi connectivity index (χ0v) is 11.7. The Morgan fingerprint density at radius 2 is 1.95 bits per heavy atom. The van der Waals surface area contributed by atoms with Crippen molar-refractivity contribution in [2.45, 2.75) is 19.8 Å². The first-order valence-electron chi connectivity index (χ1n) is 6.60. The molecular formula is C16H16N2O3. The van der Waals surface area contributed by atoms with E-state index in [4.69, 9.17) is 5.11 Å². The van der Waals surface area contributed by atoms with Crippen LogP contribution in [-0.4, -0.2) is 22.0 Å². The van der Waals surface area contributed by atoms with Gasteiger partial charge in [0.25, 0.3) is 0 Å². The van der Waals surface area contributed by atoms with E-state index in [0.717, 1.165) is 11.1 Å². The van der Waals surface area contributed by atoms with Gasteiger partial charge in [0.1, 0.15) is 0 Å². The highest BCUT2D eigenvalue weighted by Gasteiger charge is 2.13. The summed E-state index contributed by atoms with van der Waals surface area (Å²) in [5.41, 5.74) is 2.32. The Balaban J connectivity index is 2.00. The van der Waals surface area contributed by atoms with Crippen LogP contribution >= 0.6 is 0 Å². The van der Waals surface area contributed by atoms with Crippen LogP contribution in [0.4, 0.5) is 5.69 Å². The maximum absolute atomic E-state index is 11.9. The van der Waals surface area contributed by atoms with Gasteiger partial charge in [0.2, 0.25) is 5.91 Å². The lowest BCUT2D eigenvalue weighted by Crippen LogP contribution is -2.16. The Morgan fingerprint density at radius 3 is 2.67 bits per heavy atom. The third kappa shape index (κ3) is 3.89. The minimum absolute atomic E-state index is 0.151. The largest absolute Gasteiger partial charge is 0.476 e. The molecule has 0 aliphatic heterocycles. The van der Waals surface area contributed by atoms with Crippen LogP contribution in [0.5, 0.6) is 0 Å². The summed E-state index contributed by atoms with van der Waals surface area (Å²) in [6.07, 6.45) is 2.28. The second-order valence-corrected chi connectivity index (χ2v) is 4.68. The molecule has 5 nitrogen and oxygen atoms in total. The molecule has 1 heterocycles. The standard InChI is InChI=1S/C16H16N2O3/c1-11-5-2-3-6-12(11)8-9-14(19)18-13-7-4-10-17-15(13)16(20)21/h2-7,10H,8-9H2,1H3,(H,18,19)(H,20,21). The fourth-order valence-corrected chi connectivity index (χ4v) is 2.03. The smallest absolute Gasteiger partial charge is 0.356 e. The summed E-state index contributed by atoms with van der Waals surface area (Å²) in [4.78, 5) is 26.7. The van der Waals surface area contributed by atoms with Crippen LogP contribution in [0, 0.1) is 6.92 Å². The number of nitrogens with one attached hydrogen (secondary N) is 1. The molecule has 1 aromatic heterocycles. The lowest BCUT2D eigenvalue weighted by Gasteiger charge is -2.08. The third-order valence-electron chi connectivity index (χ3n) is 3.17. The third-order valence-corrected chi connectivity index (χ3v) is 3.17. The molecule has 2 aromatic rings. The number of hydrogen-bond acceptors (Lipinski definition) is 3. The van der Waals surface area contributed by atoms with Crippen molar-refractivity contribution < 1.29 is 14.7 Å². The number of aromatic nitrogens is 1. The number of hydrogen-bond donors (Lipinski definition) is 2. The molecule has 0 atom stereocenters. The van der Waals surface area contributed by atoms with E-state index in [2.05, 4.69) is 10.3 Å². The molecule has 0 fully saturated rings. The predicted octanol–water partition coefficient (Wildman–Crippen LogP) is 2.66. The average molecular weight is 284 g/mol. The quantitative estimate of drug-likeness (QED) is 0.884. The van der Waals surface area contributed by atoms with Crippen molar-refractivity contribution in [3.05, 3.63) is 59.4 Å². The number of carboxylic acid groups (broad SMARTS) is 1. The van der Waals surface area contributed by atoms with Crippen molar-refractivity contribution in [1.29, 1.82) is 0 Å². The Hall–Kier alpha value is -2.69. The zero-order valence-electron chi connectivity index (χ0n) is 11.7. The van der Waals surface area contributed by atoms with Gasteiger partial charge in [-0.05, 0) is 36.6 Å². The summed E-state index contributed by atoms with van der Waals surface area (Å²) in [5, 5.41) is 11.6. The van der Waals surface area contributed by atoms with E-state index in [1.165, 1.54) is 12.3 Å². The number of amides is 1. The maximum atomic E-state index is 11.9. The van der Waals surface area contributed by atoms with Crippen molar-refractivity contribution in [2.75, 3.05) is 5.32 Å². The number of benzene rings is 1. The number of nitrogens with zero attached hydrogens (tertiary/aromatic N) is 1. The van der Waals surface area contributed by atoms with Crippen molar-refractivity contribution >= 4 is 17.6 Å². The van der Waals surface area contributed by atoms with E-state index in [1.54, 1.807) is 6.07 Å². The molecule has 0 unspecified atom stereocenters. The predicted molar refractivity (Wildman–Crippen MR) is 79.3 cm³/mol. The molecule has 108 valence electrons. The Morgan fingerprint density at radius 1 is 1.19 bits per heavy atom. The van der Waals surface area contributed by atoms with Crippen LogP contribution in [0.25, 0.3) is 0 Å². The molecule has 1 aromatic carbocycles. The SMILES string of the molecule is Cc1ccccc1CCC(=O)Nc1cccnc1C(=O)O. The van der Waals surface area contributed by atoms with E-state index < -0.39 is 5.97 Å². The van der Waals surface area contributed by atoms with Gasteiger partial charge in [0, 0.05) is 12.6 Å². The second kappa shape index (κ2) is 6.65. The first-order valence-corrected chi connectivity index (χ1v) is 6.60. The van der Waals surface area contributed by atoms with E-state index >= 15 is 0 Å². The molecular weight excluding hydrogens is 268 g/mol. The topological polar surface area (TPSA) is 79.3 Å². The fraction of sp³-hybridized carbons (Fsp3) is 0.188. The van der Waals surface area contributed by atoms with Gasteiger partial charge in [0.15, 0.2) is 5.69 Å². The minimum atomic E-state index is -1.16. The lowest BCUT2D eigenvalue weighted by molar-refractivity contribution is -0.116. The molecule has 0 saturated heterocycles. The van der Waals surface area contributed by atoms with Gasteiger partial charge in [-0.3, -0.25) is 4.79 Å². The number of carbonyl (C=O) groups is 2. The van der Waals surface area contributed by atoms with Crippen LogP contribution in [0.15, 0.2) is 42.6 Å². The molecule has 0 aliphatic carbocycles. The summed E-state index contributed by atoms with van der Waals surface area (Å²) in [7, 11) is 0. The molecule has 1 amide bonds. The highest BCUT2D eigenvalue weighted by molar-refractivity contribution is 5.99. The van der Waals surface area contributed by atoms with Crippen LogP contribution in [-0.2, 0) is 11.2 Å². The number of carbonyl (C=O) groups excluding carboxylic acids is 1. The molecule has 0 aliphatic rings. The second-order valence-electron chi connectivity index (χ2n) is 4.68. The van der Waals surface area contributed by atoms with Gasteiger partial charge in [0.05, 0.1) is 5.69 Å². The summed E-state index contributed by atoms with van der Waals surface area (Å²) < 4.78 is 0. The van der Waals surface area contributed by atoms with Gasteiger partial charge in [-0.25, -0.2) is 9.78 Å². The van der Waals surface area contributed by atoms with Crippen molar-refractivity contribution in [2.24, 2.45) is 0 Å². The van der Waals surface area contributed by atoms with Crippen LogP contribution < -0.4 is 5.32 Å². The van der Waals surface area contributed by atoms with Crippen molar-refractivity contribution in [1.82, 2.24) is 4.98 Å². The van der Waals surface area contributed by atoms with Gasteiger partial charge < -0.3 is 10.4 Å². The summed E-state index contributed by atoms with van der Waals surface area (Å²) in [5.74, 6) is -1.39. The van der Waals surface area contributed by atoms with Crippen molar-refractivity contribution in [3.63, 3.8) is 0 Å². The molecule has 0 bridgehead atoms. The van der Waals surface area contributed by atoms with Crippen molar-refractivity contribution in [3.8, 4) is 0 Å². The summed E-state index contributed by atoms with van der Waals surface area (Å²) in [6, 6.07) is 11.0. The van der Waals surface area contributed by atoms with Gasteiger partial charge in [-0.15, -0.1) is 0 Å². The van der Waals surface area contributed by atoms with E-state index in [0.29, 0.717) is 12.8 Å². The zero-order chi connectivity index (χ0) is 15.2. The lowest BCUT2D eigenvalue weighted by atomic mass is 10.0. The van der Waals surface area contributed by atoms with E-state index in [-0.39, 0.29) is 17.3 Å². The van der Waals surface area contributed by atoms with Gasteiger partial charge in [-0.2, -0.15) is 0 Å². The molecule has 21 heavy (non-hydrogen) atoms. The average Bonchev–Trinajstić information content (AvgIpc) is 2.47. The maximum Gasteiger partial charge on any atom is 0.356 e. The van der Waals surface area contributed by atoms with Crippen LogP contribution in [0.2, 0.25) is 0 Å². The first-order chi connectivity index (χ1) is 10.1. The number of carboxylic acids is 1. The summed E-state index contributed by atoms with van der Waals surface area (Å²) >= 11 is 0. The van der Waals surface area contributed by atoms with Gasteiger partial charge in [-0.1, -0.05) is 24.3 Å². The Labute approximate surface area is 122 Å². The molecule has 0 radical (unpaired) electrons. The number of aryl methyl sites for hydroxylation is 2. The highest BCUT2D eigenvalue weighted by Crippen LogP contribution is 2.14. The number of rotatable bonds is 5. The number of pyridine rings is 1. The van der Waals surface area contributed by atoms with Gasteiger partial charge >= 0.3 is 5.97 Å². The molecule has 0 saturated carbocycles. The summed E-state index contributed by atoms with van der Waals surface area (Å²) in [6.45, 7) is 2.00. The van der Waals surface area contributed by atoms with E-state index in [9.17, 15) is 9.59 Å². The first kappa shape index (κ1) is 14.7. The number of aromatic carboxylic acids is 1. The van der Waals surface area contributed by atoms with Crippen LogP contribution in [0.1, 0.15) is 28.0 Å². The molecule has 2 N–H and O–H groups in total.